The van der Waals surface area contributed by atoms with Crippen LogP contribution in [0.2, 0.25) is 0 Å². The number of halogens is 1. The predicted molar refractivity (Wildman–Crippen MR) is 109 cm³/mol. The van der Waals surface area contributed by atoms with Crippen molar-refractivity contribution in [2.45, 2.75) is 19.3 Å². The molecule has 0 saturated carbocycles. The van der Waals surface area contributed by atoms with Gasteiger partial charge < -0.3 is 15.0 Å². The zero-order valence-electron chi connectivity index (χ0n) is 16.9. The monoisotopic (exact) mass is 398 g/mol. The Labute approximate surface area is 170 Å². The third-order valence-corrected chi connectivity index (χ3v) is 5.38. The minimum Gasteiger partial charge on any atom is -0.385 e. The highest BCUT2D eigenvalue weighted by molar-refractivity contribution is 5.95. The van der Waals surface area contributed by atoms with Crippen molar-refractivity contribution in [3.05, 3.63) is 71.0 Å². The van der Waals surface area contributed by atoms with E-state index in [0.29, 0.717) is 19.7 Å². The van der Waals surface area contributed by atoms with Crippen molar-refractivity contribution in [1.29, 1.82) is 0 Å². The van der Waals surface area contributed by atoms with Gasteiger partial charge >= 0.3 is 0 Å². The quantitative estimate of drug-likeness (QED) is 0.729. The Morgan fingerprint density at radius 2 is 1.86 bits per heavy atom. The average molecular weight is 398 g/mol. The molecule has 0 bridgehead atoms. The fourth-order valence-corrected chi connectivity index (χ4v) is 3.75. The van der Waals surface area contributed by atoms with Gasteiger partial charge in [-0.2, -0.15) is 0 Å². The molecule has 5 nitrogen and oxygen atoms in total. The molecular weight excluding hydrogens is 371 g/mol. The third-order valence-electron chi connectivity index (χ3n) is 5.38. The van der Waals surface area contributed by atoms with E-state index in [4.69, 9.17) is 4.74 Å². The van der Waals surface area contributed by atoms with E-state index >= 15 is 0 Å². The second-order valence-corrected chi connectivity index (χ2v) is 7.45. The van der Waals surface area contributed by atoms with Gasteiger partial charge in [-0.1, -0.05) is 42.0 Å². The first-order valence-corrected chi connectivity index (χ1v) is 9.88. The van der Waals surface area contributed by atoms with Crippen molar-refractivity contribution < 1.29 is 18.7 Å². The van der Waals surface area contributed by atoms with E-state index in [0.717, 1.165) is 17.5 Å². The molecule has 6 heteroatoms. The van der Waals surface area contributed by atoms with Crippen LogP contribution < -0.4 is 5.32 Å². The van der Waals surface area contributed by atoms with Crippen molar-refractivity contribution in [3.63, 3.8) is 0 Å². The SMILES string of the molecule is COCCCNC(=O)[C@@H]1CN(C(=O)c2ccccc2F)C[C@H]1c1ccc(C)cc1. The van der Waals surface area contributed by atoms with Gasteiger partial charge in [-0.15, -0.1) is 0 Å². The van der Waals surface area contributed by atoms with Gasteiger partial charge in [0, 0.05) is 39.3 Å². The standard InChI is InChI=1S/C23H27FN2O3/c1-16-8-10-17(11-9-16)19-14-26(23(28)18-6-3-4-7-21(18)24)15-20(19)22(27)25-12-5-13-29-2/h3-4,6-11,19-20H,5,12-15H2,1-2H3,(H,25,27)/t19-,20+/m0/s1. The molecule has 0 aromatic heterocycles. The molecule has 1 aliphatic rings. The lowest BCUT2D eigenvalue weighted by molar-refractivity contribution is -0.124. The van der Waals surface area contributed by atoms with Crippen LogP contribution in [0.4, 0.5) is 4.39 Å². The Hall–Kier alpha value is -2.73. The Morgan fingerprint density at radius 3 is 2.55 bits per heavy atom. The summed E-state index contributed by atoms with van der Waals surface area (Å²) in [5, 5.41) is 2.95. The number of methoxy groups -OCH3 is 1. The van der Waals surface area contributed by atoms with Crippen LogP contribution in [-0.4, -0.2) is 50.1 Å². The van der Waals surface area contributed by atoms with Crippen LogP contribution in [0.3, 0.4) is 0 Å². The van der Waals surface area contributed by atoms with Crippen LogP contribution in [0, 0.1) is 18.7 Å². The molecule has 1 fully saturated rings. The van der Waals surface area contributed by atoms with Crippen LogP contribution in [-0.2, 0) is 9.53 Å². The topological polar surface area (TPSA) is 58.6 Å². The number of benzene rings is 2. The Morgan fingerprint density at radius 1 is 1.14 bits per heavy atom. The van der Waals surface area contributed by atoms with E-state index in [-0.39, 0.29) is 35.8 Å². The number of hydrogen-bond donors (Lipinski definition) is 1. The Kier molecular flexibility index (Phi) is 6.99. The number of rotatable bonds is 7. The lowest BCUT2D eigenvalue weighted by Crippen LogP contribution is -2.36. The summed E-state index contributed by atoms with van der Waals surface area (Å²) < 4.78 is 19.1. The minimum absolute atomic E-state index is 0.0382. The molecule has 1 N–H and O–H groups in total. The lowest BCUT2D eigenvalue weighted by Gasteiger charge is -2.18. The molecule has 1 heterocycles. The molecule has 154 valence electrons. The predicted octanol–water partition coefficient (Wildman–Crippen LogP) is 3.14. The fourth-order valence-electron chi connectivity index (χ4n) is 3.75. The van der Waals surface area contributed by atoms with Crippen molar-refractivity contribution in [2.75, 3.05) is 33.4 Å². The Bertz CT molecular complexity index is 853. The second kappa shape index (κ2) is 9.65. The number of carbonyl (C=O) groups is 2. The smallest absolute Gasteiger partial charge is 0.256 e. The summed E-state index contributed by atoms with van der Waals surface area (Å²) in [7, 11) is 1.62. The summed E-state index contributed by atoms with van der Waals surface area (Å²) in [5.41, 5.74) is 2.18. The molecule has 0 spiro atoms. The molecule has 0 aliphatic carbocycles. The van der Waals surface area contributed by atoms with Crippen LogP contribution in [0.1, 0.15) is 33.8 Å². The van der Waals surface area contributed by atoms with Crippen LogP contribution in [0.5, 0.6) is 0 Å². The summed E-state index contributed by atoms with van der Waals surface area (Å²) in [4.78, 5) is 27.4. The number of amides is 2. The molecule has 2 aromatic carbocycles. The molecule has 2 atom stereocenters. The van der Waals surface area contributed by atoms with Crippen LogP contribution >= 0.6 is 0 Å². The number of likely N-dealkylation sites (tertiary alicyclic amines) is 1. The van der Waals surface area contributed by atoms with Gasteiger partial charge in [-0.05, 0) is 31.0 Å². The number of ether oxygens (including phenoxy) is 1. The normalized spacial score (nSPS) is 18.7. The average Bonchev–Trinajstić information content (AvgIpc) is 3.17. The van der Waals surface area contributed by atoms with Crippen molar-refractivity contribution in [3.8, 4) is 0 Å². The number of nitrogens with one attached hydrogen (secondary N) is 1. The summed E-state index contributed by atoms with van der Waals surface area (Å²) >= 11 is 0. The van der Waals surface area contributed by atoms with E-state index in [1.165, 1.54) is 12.1 Å². The maximum Gasteiger partial charge on any atom is 0.256 e. The molecule has 3 rings (SSSR count). The summed E-state index contributed by atoms with van der Waals surface area (Å²) in [6.45, 7) is 3.75. The molecular formula is C23H27FN2O3. The van der Waals surface area contributed by atoms with Gasteiger partial charge in [0.25, 0.3) is 5.91 Å². The first-order valence-electron chi connectivity index (χ1n) is 9.88. The van der Waals surface area contributed by atoms with Gasteiger partial charge in [-0.3, -0.25) is 9.59 Å². The first kappa shape index (κ1) is 21.0. The highest BCUT2D eigenvalue weighted by Crippen LogP contribution is 2.34. The Balaban J connectivity index is 1.79. The minimum atomic E-state index is -0.545. The van der Waals surface area contributed by atoms with Gasteiger partial charge in [0.05, 0.1) is 11.5 Å². The highest BCUT2D eigenvalue weighted by Gasteiger charge is 2.40. The van der Waals surface area contributed by atoms with E-state index in [9.17, 15) is 14.0 Å². The fraction of sp³-hybridized carbons (Fsp3) is 0.391. The molecule has 2 amide bonds. The van der Waals surface area contributed by atoms with Crippen molar-refractivity contribution >= 4 is 11.8 Å². The van der Waals surface area contributed by atoms with E-state index in [1.807, 2.05) is 31.2 Å². The third kappa shape index (κ3) is 5.01. The molecule has 29 heavy (non-hydrogen) atoms. The molecule has 0 unspecified atom stereocenters. The summed E-state index contributed by atoms with van der Waals surface area (Å²) in [6.07, 6.45) is 0.724. The summed E-state index contributed by atoms with van der Waals surface area (Å²) in [5.74, 6) is -1.52. The number of aryl methyl sites for hydroxylation is 1. The summed E-state index contributed by atoms with van der Waals surface area (Å²) in [6, 6.07) is 14.0. The molecule has 1 saturated heterocycles. The van der Waals surface area contributed by atoms with Crippen molar-refractivity contribution in [1.82, 2.24) is 10.2 Å². The lowest BCUT2D eigenvalue weighted by atomic mass is 9.88. The maximum absolute atomic E-state index is 14.1. The zero-order valence-corrected chi connectivity index (χ0v) is 16.9. The van der Waals surface area contributed by atoms with Gasteiger partial charge in [0.2, 0.25) is 5.91 Å². The van der Waals surface area contributed by atoms with Crippen LogP contribution in [0.15, 0.2) is 48.5 Å². The number of nitrogens with zero attached hydrogens (tertiary/aromatic N) is 1. The van der Waals surface area contributed by atoms with Gasteiger partial charge in [0.1, 0.15) is 5.82 Å². The molecule has 1 aliphatic heterocycles. The first-order chi connectivity index (χ1) is 14.0. The van der Waals surface area contributed by atoms with Gasteiger partial charge in [0.15, 0.2) is 0 Å². The maximum atomic E-state index is 14.1. The number of hydrogen-bond acceptors (Lipinski definition) is 3. The largest absolute Gasteiger partial charge is 0.385 e. The van der Waals surface area contributed by atoms with Crippen molar-refractivity contribution in [2.24, 2.45) is 5.92 Å². The van der Waals surface area contributed by atoms with Crippen LogP contribution in [0.25, 0.3) is 0 Å². The molecule has 2 aromatic rings. The molecule has 0 radical (unpaired) electrons. The van der Waals surface area contributed by atoms with E-state index < -0.39 is 5.82 Å². The second-order valence-electron chi connectivity index (χ2n) is 7.45. The van der Waals surface area contributed by atoms with E-state index in [2.05, 4.69) is 5.32 Å². The number of carbonyl (C=O) groups excluding carboxylic acids is 2. The van der Waals surface area contributed by atoms with E-state index in [1.54, 1.807) is 24.1 Å². The highest BCUT2D eigenvalue weighted by atomic mass is 19.1. The zero-order chi connectivity index (χ0) is 20.8. The van der Waals surface area contributed by atoms with Gasteiger partial charge in [-0.25, -0.2) is 4.39 Å².